The summed E-state index contributed by atoms with van der Waals surface area (Å²) in [4.78, 5) is 12.4. The molecule has 3 rings (SSSR count). The Bertz CT molecular complexity index is 736. The van der Waals surface area contributed by atoms with E-state index in [2.05, 4.69) is 10.4 Å². The Morgan fingerprint density at radius 1 is 1.29 bits per heavy atom. The quantitative estimate of drug-likeness (QED) is 0.935. The van der Waals surface area contributed by atoms with Crippen molar-refractivity contribution in [2.75, 3.05) is 7.11 Å². The van der Waals surface area contributed by atoms with E-state index in [1.54, 1.807) is 25.2 Å². The van der Waals surface area contributed by atoms with Crippen LogP contribution < -0.4 is 10.1 Å². The van der Waals surface area contributed by atoms with E-state index in [0.29, 0.717) is 22.7 Å². The van der Waals surface area contributed by atoms with Crippen LogP contribution in [0.15, 0.2) is 24.3 Å². The van der Waals surface area contributed by atoms with Crippen LogP contribution in [0.4, 0.5) is 4.39 Å². The number of amides is 1. The Morgan fingerprint density at radius 2 is 2.04 bits per heavy atom. The minimum absolute atomic E-state index is 0.197. The number of hydrogen-bond acceptors (Lipinski definition) is 3. The first kappa shape index (κ1) is 16.5. The molecule has 0 bridgehead atoms. The van der Waals surface area contributed by atoms with Gasteiger partial charge in [-0.25, -0.2) is 4.39 Å². The van der Waals surface area contributed by atoms with Crippen LogP contribution >= 0.6 is 0 Å². The van der Waals surface area contributed by atoms with Crippen LogP contribution in [0.25, 0.3) is 11.3 Å². The molecule has 2 aromatic rings. The molecule has 1 aliphatic carbocycles. The lowest BCUT2D eigenvalue weighted by molar-refractivity contribution is 0.0922. The highest BCUT2D eigenvalue weighted by Gasteiger charge is 2.20. The number of carbonyl (C=O) groups excluding carboxylic acids is 1. The lowest BCUT2D eigenvalue weighted by Gasteiger charge is -2.22. The number of nitrogens with zero attached hydrogens (tertiary/aromatic N) is 2. The number of rotatable bonds is 4. The van der Waals surface area contributed by atoms with Crippen molar-refractivity contribution in [3.05, 3.63) is 35.8 Å². The Kier molecular flexibility index (Phi) is 4.83. The molecule has 0 spiro atoms. The summed E-state index contributed by atoms with van der Waals surface area (Å²) in [5.74, 6) is -0.150. The van der Waals surface area contributed by atoms with Crippen LogP contribution in [0.2, 0.25) is 0 Å². The summed E-state index contributed by atoms with van der Waals surface area (Å²) >= 11 is 0. The van der Waals surface area contributed by atoms with E-state index >= 15 is 0 Å². The highest BCUT2D eigenvalue weighted by Crippen LogP contribution is 2.26. The van der Waals surface area contributed by atoms with Crippen molar-refractivity contribution in [3.63, 3.8) is 0 Å². The largest absolute Gasteiger partial charge is 0.497 e. The molecule has 1 amide bonds. The first-order chi connectivity index (χ1) is 11.6. The number of nitrogens with one attached hydrogen (secondary N) is 1. The molecule has 1 aromatic carbocycles. The van der Waals surface area contributed by atoms with Gasteiger partial charge in [0.2, 0.25) is 0 Å². The first-order valence-electron chi connectivity index (χ1n) is 8.27. The summed E-state index contributed by atoms with van der Waals surface area (Å²) < 4.78 is 20.8. The maximum atomic E-state index is 14.3. The van der Waals surface area contributed by atoms with Gasteiger partial charge in [-0.3, -0.25) is 9.48 Å². The van der Waals surface area contributed by atoms with E-state index in [9.17, 15) is 9.18 Å². The van der Waals surface area contributed by atoms with Crippen LogP contribution in [0.5, 0.6) is 5.75 Å². The van der Waals surface area contributed by atoms with Gasteiger partial charge in [0.15, 0.2) is 5.69 Å². The maximum absolute atomic E-state index is 14.3. The zero-order chi connectivity index (χ0) is 17.1. The van der Waals surface area contributed by atoms with Crippen molar-refractivity contribution in [1.29, 1.82) is 0 Å². The van der Waals surface area contributed by atoms with E-state index < -0.39 is 5.82 Å². The second kappa shape index (κ2) is 7.03. The summed E-state index contributed by atoms with van der Waals surface area (Å²) in [5.41, 5.74) is 1.26. The lowest BCUT2D eigenvalue weighted by Crippen LogP contribution is -2.36. The van der Waals surface area contributed by atoms with Gasteiger partial charge < -0.3 is 10.1 Å². The number of benzene rings is 1. The van der Waals surface area contributed by atoms with Crippen molar-refractivity contribution in [3.8, 4) is 17.0 Å². The minimum atomic E-state index is -0.406. The third-order valence-corrected chi connectivity index (χ3v) is 4.51. The normalized spacial score (nSPS) is 15.3. The van der Waals surface area contributed by atoms with Crippen LogP contribution in [0.1, 0.15) is 42.6 Å². The summed E-state index contributed by atoms with van der Waals surface area (Å²) in [6.45, 7) is 0. The number of ether oxygens (including phenoxy) is 1. The molecule has 6 heteroatoms. The summed E-state index contributed by atoms with van der Waals surface area (Å²) in [6, 6.07) is 6.49. The standard InChI is InChI=1S/C18H22FN3O2/c1-22-17(14-9-8-13(24-2)10-15(14)19)11-16(21-22)18(23)20-12-6-4-3-5-7-12/h8-12H,3-7H2,1-2H3,(H,20,23). The molecule has 0 aliphatic heterocycles. The highest BCUT2D eigenvalue weighted by atomic mass is 19.1. The number of hydrogen-bond donors (Lipinski definition) is 1. The van der Waals surface area contributed by atoms with E-state index in [-0.39, 0.29) is 11.9 Å². The van der Waals surface area contributed by atoms with Gasteiger partial charge in [-0.2, -0.15) is 5.10 Å². The maximum Gasteiger partial charge on any atom is 0.272 e. The molecule has 1 aliphatic rings. The molecule has 0 atom stereocenters. The van der Waals surface area contributed by atoms with E-state index in [1.165, 1.54) is 24.3 Å². The Balaban J connectivity index is 1.80. The first-order valence-corrected chi connectivity index (χ1v) is 8.27. The monoisotopic (exact) mass is 331 g/mol. The summed E-state index contributed by atoms with van der Waals surface area (Å²) in [5, 5.41) is 7.27. The van der Waals surface area contributed by atoms with Crippen molar-refractivity contribution >= 4 is 5.91 Å². The number of aromatic nitrogens is 2. The molecule has 0 unspecified atom stereocenters. The number of aryl methyl sites for hydroxylation is 1. The topological polar surface area (TPSA) is 56.1 Å². The van der Waals surface area contributed by atoms with Gasteiger partial charge in [0, 0.05) is 24.7 Å². The molecular weight excluding hydrogens is 309 g/mol. The van der Waals surface area contributed by atoms with Gasteiger partial charge in [-0.15, -0.1) is 0 Å². The molecule has 1 aromatic heterocycles. The molecule has 1 fully saturated rings. The lowest BCUT2D eigenvalue weighted by atomic mass is 9.95. The van der Waals surface area contributed by atoms with Crippen LogP contribution in [-0.2, 0) is 7.05 Å². The second-order valence-corrected chi connectivity index (χ2v) is 6.19. The van der Waals surface area contributed by atoms with Gasteiger partial charge >= 0.3 is 0 Å². The zero-order valence-corrected chi connectivity index (χ0v) is 14.0. The van der Waals surface area contributed by atoms with Gasteiger partial charge in [0.05, 0.1) is 12.8 Å². The number of halogens is 1. The highest BCUT2D eigenvalue weighted by molar-refractivity contribution is 5.93. The van der Waals surface area contributed by atoms with Gasteiger partial charge in [-0.05, 0) is 31.0 Å². The molecule has 1 saturated carbocycles. The third-order valence-electron chi connectivity index (χ3n) is 4.51. The Hall–Kier alpha value is -2.37. The summed E-state index contributed by atoms with van der Waals surface area (Å²) in [6.07, 6.45) is 5.55. The Morgan fingerprint density at radius 3 is 2.71 bits per heavy atom. The average molecular weight is 331 g/mol. The number of carbonyl (C=O) groups is 1. The second-order valence-electron chi connectivity index (χ2n) is 6.19. The van der Waals surface area contributed by atoms with Crippen molar-refractivity contribution < 1.29 is 13.9 Å². The average Bonchev–Trinajstić information content (AvgIpc) is 2.97. The predicted octanol–water partition coefficient (Wildman–Crippen LogP) is 3.30. The van der Waals surface area contributed by atoms with Crippen LogP contribution in [-0.4, -0.2) is 28.8 Å². The summed E-state index contributed by atoms with van der Waals surface area (Å²) in [7, 11) is 3.20. The molecule has 5 nitrogen and oxygen atoms in total. The molecule has 0 saturated heterocycles. The van der Waals surface area contributed by atoms with Crippen LogP contribution in [0, 0.1) is 5.82 Å². The van der Waals surface area contributed by atoms with E-state index in [4.69, 9.17) is 4.74 Å². The fourth-order valence-corrected chi connectivity index (χ4v) is 3.17. The fourth-order valence-electron chi connectivity index (χ4n) is 3.17. The minimum Gasteiger partial charge on any atom is -0.497 e. The van der Waals surface area contributed by atoms with Crippen molar-refractivity contribution in [2.24, 2.45) is 7.05 Å². The van der Waals surface area contributed by atoms with Crippen molar-refractivity contribution in [1.82, 2.24) is 15.1 Å². The van der Waals surface area contributed by atoms with Gasteiger partial charge in [-0.1, -0.05) is 19.3 Å². The van der Waals surface area contributed by atoms with Gasteiger partial charge in [0.1, 0.15) is 11.6 Å². The third kappa shape index (κ3) is 3.42. The molecular formula is C18H22FN3O2. The molecule has 1 heterocycles. The zero-order valence-electron chi connectivity index (χ0n) is 14.0. The fraction of sp³-hybridized carbons (Fsp3) is 0.444. The SMILES string of the molecule is COc1ccc(-c2cc(C(=O)NC3CCCCC3)nn2C)c(F)c1. The smallest absolute Gasteiger partial charge is 0.272 e. The van der Waals surface area contributed by atoms with Gasteiger partial charge in [0.25, 0.3) is 5.91 Å². The van der Waals surface area contributed by atoms with E-state index in [1.807, 2.05) is 0 Å². The molecule has 1 N–H and O–H groups in total. The molecule has 0 radical (unpaired) electrons. The van der Waals surface area contributed by atoms with Crippen molar-refractivity contribution in [2.45, 2.75) is 38.1 Å². The predicted molar refractivity (Wildman–Crippen MR) is 89.5 cm³/mol. The van der Waals surface area contributed by atoms with Crippen LogP contribution in [0.3, 0.4) is 0 Å². The molecule has 24 heavy (non-hydrogen) atoms. The Labute approximate surface area is 140 Å². The molecule has 128 valence electrons. The number of methoxy groups -OCH3 is 1. The van der Waals surface area contributed by atoms with E-state index in [0.717, 1.165) is 25.7 Å².